The van der Waals surface area contributed by atoms with Gasteiger partial charge in [0, 0.05) is 4.47 Å². The highest BCUT2D eigenvalue weighted by Gasteiger charge is 1.95. The summed E-state index contributed by atoms with van der Waals surface area (Å²) < 4.78 is 1.03. The second kappa shape index (κ2) is 4.91. The van der Waals surface area contributed by atoms with Gasteiger partial charge in [-0.15, -0.1) is 0 Å². The molecule has 0 spiro atoms. The highest BCUT2D eigenvalue weighted by atomic mass is 79.9. The number of hydrogen-bond acceptors (Lipinski definition) is 1. The highest BCUT2D eigenvalue weighted by Crippen LogP contribution is 2.11. The standard InChI is InChI=1S/C12H11BrO/c1-9(2)12(14)8-5-10-3-6-11(13)7-4-10/h3-8H,1H2,2H3. The minimum absolute atomic E-state index is 0.0343. The van der Waals surface area contributed by atoms with Crippen molar-refractivity contribution < 1.29 is 4.79 Å². The van der Waals surface area contributed by atoms with Crippen molar-refractivity contribution >= 4 is 27.8 Å². The summed E-state index contributed by atoms with van der Waals surface area (Å²) in [5, 5.41) is 0. The van der Waals surface area contributed by atoms with Crippen molar-refractivity contribution in [2.24, 2.45) is 0 Å². The Morgan fingerprint density at radius 1 is 1.36 bits per heavy atom. The Labute approximate surface area is 92.3 Å². The van der Waals surface area contributed by atoms with Gasteiger partial charge in [0.25, 0.3) is 0 Å². The number of benzene rings is 1. The molecule has 0 saturated heterocycles. The minimum atomic E-state index is -0.0343. The summed E-state index contributed by atoms with van der Waals surface area (Å²) in [6.07, 6.45) is 3.31. The zero-order valence-corrected chi connectivity index (χ0v) is 9.54. The van der Waals surface area contributed by atoms with E-state index in [0.29, 0.717) is 5.57 Å². The minimum Gasteiger partial charge on any atom is -0.290 e. The molecule has 1 aromatic carbocycles. The number of rotatable bonds is 3. The molecule has 0 atom stereocenters. The zero-order valence-electron chi connectivity index (χ0n) is 7.96. The third-order valence-corrected chi connectivity index (χ3v) is 2.25. The maximum atomic E-state index is 11.2. The van der Waals surface area contributed by atoms with Crippen LogP contribution in [0.25, 0.3) is 6.08 Å². The van der Waals surface area contributed by atoms with Crippen molar-refractivity contribution in [1.82, 2.24) is 0 Å². The molecule has 0 unspecified atom stereocenters. The van der Waals surface area contributed by atoms with Crippen LogP contribution >= 0.6 is 15.9 Å². The molecule has 1 aromatic rings. The van der Waals surface area contributed by atoms with E-state index < -0.39 is 0 Å². The van der Waals surface area contributed by atoms with E-state index in [1.54, 1.807) is 13.0 Å². The molecule has 0 aliphatic rings. The monoisotopic (exact) mass is 250 g/mol. The Kier molecular flexibility index (Phi) is 3.84. The summed E-state index contributed by atoms with van der Waals surface area (Å²) in [6.45, 7) is 5.28. The van der Waals surface area contributed by atoms with Crippen LogP contribution in [0.15, 0.2) is 47.0 Å². The molecule has 0 aliphatic carbocycles. The summed E-state index contributed by atoms with van der Waals surface area (Å²) >= 11 is 3.34. The molecule has 0 aromatic heterocycles. The molecule has 1 rings (SSSR count). The van der Waals surface area contributed by atoms with Crippen LogP contribution in [0.1, 0.15) is 12.5 Å². The van der Waals surface area contributed by atoms with Gasteiger partial charge in [0.15, 0.2) is 5.78 Å². The molecule has 0 bridgehead atoms. The average Bonchev–Trinajstić information content (AvgIpc) is 2.16. The predicted octanol–water partition coefficient (Wildman–Crippen LogP) is 3.61. The quantitative estimate of drug-likeness (QED) is 0.750. The third kappa shape index (κ3) is 3.30. The van der Waals surface area contributed by atoms with Crippen LogP contribution in [0.5, 0.6) is 0 Å². The maximum Gasteiger partial charge on any atom is 0.180 e. The van der Waals surface area contributed by atoms with Crippen LogP contribution in [0.3, 0.4) is 0 Å². The van der Waals surface area contributed by atoms with Gasteiger partial charge in [-0.2, -0.15) is 0 Å². The molecule has 0 radical (unpaired) electrons. The summed E-state index contributed by atoms with van der Waals surface area (Å²) in [5.41, 5.74) is 1.56. The van der Waals surface area contributed by atoms with E-state index in [9.17, 15) is 4.79 Å². The summed E-state index contributed by atoms with van der Waals surface area (Å²) in [5.74, 6) is -0.0343. The van der Waals surface area contributed by atoms with Crippen LogP contribution in [-0.2, 0) is 4.79 Å². The Hall–Kier alpha value is -1.15. The van der Waals surface area contributed by atoms with Gasteiger partial charge in [-0.1, -0.05) is 40.7 Å². The first kappa shape index (κ1) is 10.9. The largest absolute Gasteiger partial charge is 0.290 e. The van der Waals surface area contributed by atoms with Gasteiger partial charge in [-0.05, 0) is 36.3 Å². The SMILES string of the molecule is C=C(C)C(=O)C=Cc1ccc(Br)cc1. The topological polar surface area (TPSA) is 17.1 Å². The molecule has 0 saturated carbocycles. The fourth-order valence-corrected chi connectivity index (χ4v) is 1.15. The van der Waals surface area contributed by atoms with Crippen LogP contribution in [0.4, 0.5) is 0 Å². The number of carbonyl (C=O) groups excluding carboxylic acids is 1. The van der Waals surface area contributed by atoms with Gasteiger partial charge in [0.1, 0.15) is 0 Å². The van der Waals surface area contributed by atoms with E-state index in [4.69, 9.17) is 0 Å². The molecular weight excluding hydrogens is 240 g/mol. The molecule has 0 aliphatic heterocycles. The number of halogens is 1. The lowest BCUT2D eigenvalue weighted by atomic mass is 10.1. The normalized spacial score (nSPS) is 10.4. The van der Waals surface area contributed by atoms with Crippen LogP contribution in [0.2, 0.25) is 0 Å². The zero-order chi connectivity index (χ0) is 10.6. The van der Waals surface area contributed by atoms with Gasteiger partial charge < -0.3 is 0 Å². The van der Waals surface area contributed by atoms with E-state index in [-0.39, 0.29) is 5.78 Å². The van der Waals surface area contributed by atoms with E-state index in [0.717, 1.165) is 10.0 Å². The molecule has 0 heterocycles. The van der Waals surface area contributed by atoms with Crippen molar-refractivity contribution in [3.05, 3.63) is 52.5 Å². The summed E-state index contributed by atoms with van der Waals surface area (Å²) in [7, 11) is 0. The van der Waals surface area contributed by atoms with Gasteiger partial charge in [0.2, 0.25) is 0 Å². The first-order valence-electron chi connectivity index (χ1n) is 4.23. The van der Waals surface area contributed by atoms with E-state index in [1.807, 2.05) is 24.3 Å². The Morgan fingerprint density at radius 2 is 1.93 bits per heavy atom. The van der Waals surface area contributed by atoms with E-state index >= 15 is 0 Å². The fourth-order valence-electron chi connectivity index (χ4n) is 0.888. The lowest BCUT2D eigenvalue weighted by Crippen LogP contribution is -1.91. The fraction of sp³-hybridized carbons (Fsp3) is 0.0833. The Bertz CT molecular complexity index is 374. The van der Waals surface area contributed by atoms with Gasteiger partial charge in [-0.25, -0.2) is 0 Å². The first-order chi connectivity index (χ1) is 6.59. The molecule has 14 heavy (non-hydrogen) atoms. The van der Waals surface area contributed by atoms with E-state index in [1.165, 1.54) is 6.08 Å². The maximum absolute atomic E-state index is 11.2. The molecule has 2 heteroatoms. The van der Waals surface area contributed by atoms with Crippen molar-refractivity contribution in [3.63, 3.8) is 0 Å². The molecule has 0 N–H and O–H groups in total. The van der Waals surface area contributed by atoms with Crippen LogP contribution < -0.4 is 0 Å². The number of hydrogen-bond donors (Lipinski definition) is 0. The molecule has 1 nitrogen and oxygen atoms in total. The second-order valence-electron chi connectivity index (χ2n) is 3.03. The number of allylic oxidation sites excluding steroid dienone is 2. The summed E-state index contributed by atoms with van der Waals surface area (Å²) in [4.78, 5) is 11.2. The van der Waals surface area contributed by atoms with Crippen molar-refractivity contribution in [1.29, 1.82) is 0 Å². The lowest BCUT2D eigenvalue weighted by Gasteiger charge is -1.93. The highest BCUT2D eigenvalue weighted by molar-refractivity contribution is 9.10. The predicted molar refractivity (Wildman–Crippen MR) is 63.0 cm³/mol. The molecular formula is C12H11BrO. The third-order valence-electron chi connectivity index (χ3n) is 1.72. The average molecular weight is 251 g/mol. The number of carbonyl (C=O) groups is 1. The lowest BCUT2D eigenvalue weighted by molar-refractivity contribution is -0.111. The van der Waals surface area contributed by atoms with Crippen LogP contribution in [-0.4, -0.2) is 5.78 Å². The molecule has 72 valence electrons. The van der Waals surface area contributed by atoms with Gasteiger partial charge in [-0.3, -0.25) is 4.79 Å². The van der Waals surface area contributed by atoms with Gasteiger partial charge >= 0.3 is 0 Å². The Balaban J connectivity index is 2.74. The molecule has 0 fully saturated rings. The van der Waals surface area contributed by atoms with E-state index in [2.05, 4.69) is 22.5 Å². The van der Waals surface area contributed by atoms with Crippen molar-refractivity contribution in [2.75, 3.05) is 0 Å². The molecule has 0 amide bonds. The second-order valence-corrected chi connectivity index (χ2v) is 3.95. The smallest absolute Gasteiger partial charge is 0.180 e. The van der Waals surface area contributed by atoms with Crippen molar-refractivity contribution in [2.45, 2.75) is 6.92 Å². The Morgan fingerprint density at radius 3 is 2.43 bits per heavy atom. The first-order valence-corrected chi connectivity index (χ1v) is 5.02. The van der Waals surface area contributed by atoms with Gasteiger partial charge in [0.05, 0.1) is 0 Å². The van der Waals surface area contributed by atoms with Crippen molar-refractivity contribution in [3.8, 4) is 0 Å². The number of ketones is 1. The van der Waals surface area contributed by atoms with Crippen LogP contribution in [0, 0.1) is 0 Å². The summed E-state index contributed by atoms with van der Waals surface area (Å²) in [6, 6.07) is 7.74.